The van der Waals surface area contributed by atoms with Gasteiger partial charge in [-0.05, 0) is 42.1 Å². The molecular formula is C11H15N3O. The van der Waals surface area contributed by atoms with Crippen molar-refractivity contribution in [1.29, 1.82) is 0 Å². The SMILES string of the molecule is COc1ccc(C(C)N=[N+]=[N-])c(C)c1C. The summed E-state index contributed by atoms with van der Waals surface area (Å²) in [6, 6.07) is 3.71. The van der Waals surface area contributed by atoms with Gasteiger partial charge < -0.3 is 4.74 Å². The highest BCUT2D eigenvalue weighted by molar-refractivity contribution is 5.44. The van der Waals surface area contributed by atoms with E-state index in [-0.39, 0.29) is 6.04 Å². The number of nitrogens with zero attached hydrogens (tertiary/aromatic N) is 3. The Hall–Kier alpha value is -1.67. The lowest BCUT2D eigenvalue weighted by Crippen LogP contribution is -1.97. The van der Waals surface area contributed by atoms with Crippen molar-refractivity contribution in [2.24, 2.45) is 5.11 Å². The predicted octanol–water partition coefficient (Wildman–Crippen LogP) is 3.68. The Labute approximate surface area is 89.5 Å². The van der Waals surface area contributed by atoms with Gasteiger partial charge >= 0.3 is 0 Å². The molecule has 0 aliphatic carbocycles. The van der Waals surface area contributed by atoms with Crippen LogP contribution in [-0.4, -0.2) is 7.11 Å². The molecule has 0 amide bonds. The standard InChI is InChI=1S/C11H15N3O/c1-7-8(2)11(15-4)6-5-10(7)9(3)13-14-12/h5-6,9H,1-4H3. The number of hydrogen-bond acceptors (Lipinski definition) is 2. The van der Waals surface area contributed by atoms with Crippen molar-refractivity contribution in [1.82, 2.24) is 0 Å². The molecule has 0 saturated heterocycles. The average molecular weight is 205 g/mol. The Morgan fingerprint density at radius 3 is 2.53 bits per heavy atom. The molecule has 0 N–H and O–H groups in total. The summed E-state index contributed by atoms with van der Waals surface area (Å²) in [7, 11) is 1.65. The van der Waals surface area contributed by atoms with Gasteiger partial charge in [-0.3, -0.25) is 0 Å². The number of methoxy groups -OCH3 is 1. The van der Waals surface area contributed by atoms with E-state index in [0.717, 1.165) is 22.4 Å². The van der Waals surface area contributed by atoms with Crippen molar-refractivity contribution >= 4 is 0 Å². The van der Waals surface area contributed by atoms with Crippen LogP contribution < -0.4 is 4.74 Å². The fourth-order valence-corrected chi connectivity index (χ4v) is 1.63. The largest absolute Gasteiger partial charge is 0.496 e. The number of rotatable bonds is 3. The molecule has 4 nitrogen and oxygen atoms in total. The minimum absolute atomic E-state index is 0.139. The van der Waals surface area contributed by atoms with Crippen LogP contribution in [0.3, 0.4) is 0 Å². The number of benzene rings is 1. The highest BCUT2D eigenvalue weighted by Gasteiger charge is 2.10. The van der Waals surface area contributed by atoms with Gasteiger partial charge in [0.1, 0.15) is 5.75 Å². The highest BCUT2D eigenvalue weighted by atomic mass is 16.5. The monoisotopic (exact) mass is 205 g/mol. The second kappa shape index (κ2) is 4.71. The summed E-state index contributed by atoms with van der Waals surface area (Å²) in [5.74, 6) is 0.865. The summed E-state index contributed by atoms with van der Waals surface area (Å²) in [4.78, 5) is 2.82. The van der Waals surface area contributed by atoms with Crippen molar-refractivity contribution in [2.75, 3.05) is 7.11 Å². The molecule has 1 rings (SSSR count). The van der Waals surface area contributed by atoms with Crippen molar-refractivity contribution < 1.29 is 4.74 Å². The predicted molar refractivity (Wildman–Crippen MR) is 60.0 cm³/mol. The minimum Gasteiger partial charge on any atom is -0.496 e. The molecule has 0 aromatic heterocycles. The van der Waals surface area contributed by atoms with Gasteiger partial charge in [0.25, 0.3) is 0 Å². The molecule has 0 bridgehead atoms. The van der Waals surface area contributed by atoms with Crippen LogP contribution in [0, 0.1) is 13.8 Å². The topological polar surface area (TPSA) is 58.0 Å². The van der Waals surface area contributed by atoms with E-state index in [4.69, 9.17) is 10.3 Å². The number of ether oxygens (including phenoxy) is 1. The normalized spacial score (nSPS) is 11.7. The third-order valence-electron chi connectivity index (χ3n) is 2.67. The lowest BCUT2D eigenvalue weighted by molar-refractivity contribution is 0.411. The first-order valence-electron chi connectivity index (χ1n) is 4.80. The molecule has 1 aromatic carbocycles. The molecule has 0 spiro atoms. The van der Waals surface area contributed by atoms with Crippen LogP contribution in [0.4, 0.5) is 0 Å². The molecule has 0 fully saturated rings. The minimum atomic E-state index is -0.139. The van der Waals surface area contributed by atoms with E-state index >= 15 is 0 Å². The quantitative estimate of drug-likeness (QED) is 0.421. The highest BCUT2D eigenvalue weighted by Crippen LogP contribution is 2.29. The van der Waals surface area contributed by atoms with Gasteiger partial charge in [-0.2, -0.15) is 0 Å². The Morgan fingerprint density at radius 2 is 2.00 bits per heavy atom. The zero-order valence-corrected chi connectivity index (χ0v) is 9.48. The molecule has 0 saturated carbocycles. The van der Waals surface area contributed by atoms with Crippen LogP contribution >= 0.6 is 0 Å². The summed E-state index contributed by atoms with van der Waals surface area (Å²) in [5.41, 5.74) is 11.7. The van der Waals surface area contributed by atoms with E-state index < -0.39 is 0 Å². The molecule has 0 radical (unpaired) electrons. The molecule has 0 aliphatic rings. The smallest absolute Gasteiger partial charge is 0.122 e. The maximum Gasteiger partial charge on any atom is 0.122 e. The zero-order valence-electron chi connectivity index (χ0n) is 9.48. The van der Waals surface area contributed by atoms with Crippen LogP contribution in [0.15, 0.2) is 17.2 Å². The van der Waals surface area contributed by atoms with E-state index in [1.807, 2.05) is 32.9 Å². The van der Waals surface area contributed by atoms with Gasteiger partial charge in [-0.1, -0.05) is 18.1 Å². The van der Waals surface area contributed by atoms with Gasteiger partial charge in [-0.15, -0.1) is 0 Å². The van der Waals surface area contributed by atoms with E-state index in [0.29, 0.717) is 0 Å². The first-order valence-corrected chi connectivity index (χ1v) is 4.80. The molecule has 0 aliphatic heterocycles. The molecule has 0 heterocycles. The van der Waals surface area contributed by atoms with E-state index in [1.165, 1.54) is 0 Å². The summed E-state index contributed by atoms with van der Waals surface area (Å²) in [6.45, 7) is 5.89. The van der Waals surface area contributed by atoms with Crippen LogP contribution in [-0.2, 0) is 0 Å². The molecule has 15 heavy (non-hydrogen) atoms. The van der Waals surface area contributed by atoms with Crippen LogP contribution in [0.5, 0.6) is 5.75 Å². The van der Waals surface area contributed by atoms with Crippen molar-refractivity contribution in [3.05, 3.63) is 39.3 Å². The summed E-state index contributed by atoms with van der Waals surface area (Å²) in [5, 5.41) is 3.69. The number of azide groups is 1. The second-order valence-electron chi connectivity index (χ2n) is 3.49. The van der Waals surface area contributed by atoms with Crippen molar-refractivity contribution in [3.8, 4) is 5.75 Å². The third-order valence-corrected chi connectivity index (χ3v) is 2.67. The Kier molecular flexibility index (Phi) is 3.58. The fourth-order valence-electron chi connectivity index (χ4n) is 1.63. The summed E-state index contributed by atoms with van der Waals surface area (Å²) >= 11 is 0. The van der Waals surface area contributed by atoms with E-state index in [9.17, 15) is 0 Å². The van der Waals surface area contributed by atoms with Gasteiger partial charge in [-0.25, -0.2) is 0 Å². The first kappa shape index (κ1) is 11.4. The first-order chi connectivity index (χ1) is 7.11. The average Bonchev–Trinajstić information content (AvgIpc) is 2.22. The third kappa shape index (κ3) is 2.22. The van der Waals surface area contributed by atoms with Gasteiger partial charge in [0, 0.05) is 4.91 Å². The molecule has 80 valence electrons. The molecule has 1 unspecified atom stereocenters. The van der Waals surface area contributed by atoms with Gasteiger partial charge in [0.15, 0.2) is 0 Å². The number of hydrogen-bond donors (Lipinski definition) is 0. The Balaban J connectivity index is 3.22. The van der Waals surface area contributed by atoms with E-state index in [2.05, 4.69) is 10.0 Å². The molecule has 1 atom stereocenters. The van der Waals surface area contributed by atoms with Crippen molar-refractivity contribution in [3.63, 3.8) is 0 Å². The summed E-state index contributed by atoms with van der Waals surface area (Å²) in [6.07, 6.45) is 0. The molecule has 4 heteroatoms. The Bertz CT molecular complexity index is 409. The van der Waals surface area contributed by atoms with Crippen LogP contribution in [0.2, 0.25) is 0 Å². The lowest BCUT2D eigenvalue weighted by Gasteiger charge is -2.14. The summed E-state index contributed by atoms with van der Waals surface area (Å²) < 4.78 is 5.22. The second-order valence-corrected chi connectivity index (χ2v) is 3.49. The zero-order chi connectivity index (χ0) is 11.4. The van der Waals surface area contributed by atoms with Crippen LogP contribution in [0.1, 0.15) is 29.7 Å². The Morgan fingerprint density at radius 1 is 1.33 bits per heavy atom. The molecule has 1 aromatic rings. The maximum atomic E-state index is 8.39. The fraction of sp³-hybridized carbons (Fsp3) is 0.455. The lowest BCUT2D eigenvalue weighted by atomic mass is 9.98. The van der Waals surface area contributed by atoms with E-state index in [1.54, 1.807) is 7.11 Å². The van der Waals surface area contributed by atoms with Crippen molar-refractivity contribution in [2.45, 2.75) is 26.8 Å². The van der Waals surface area contributed by atoms with Gasteiger partial charge in [0.05, 0.1) is 13.2 Å². The van der Waals surface area contributed by atoms with Gasteiger partial charge in [0.2, 0.25) is 0 Å². The maximum absolute atomic E-state index is 8.39. The molecular weight excluding hydrogens is 190 g/mol. The van der Waals surface area contributed by atoms with Crippen LogP contribution in [0.25, 0.3) is 10.4 Å².